The zero-order valence-electron chi connectivity index (χ0n) is 10.9. The first-order valence-corrected chi connectivity index (χ1v) is 6.88. The van der Waals surface area contributed by atoms with E-state index in [2.05, 4.69) is 6.08 Å². The summed E-state index contributed by atoms with van der Waals surface area (Å²) >= 11 is 0. The molecule has 0 unspecified atom stereocenters. The van der Waals surface area contributed by atoms with Gasteiger partial charge in [-0.3, -0.25) is 4.39 Å². The zero-order chi connectivity index (χ0) is 13.7. The minimum absolute atomic E-state index is 0.305. The molecule has 0 aromatic heterocycles. The Hall–Kier alpha value is -1.25. The van der Waals surface area contributed by atoms with Crippen LogP contribution in [-0.4, -0.2) is 6.67 Å². The van der Waals surface area contributed by atoms with Gasteiger partial charge in [-0.1, -0.05) is 18.2 Å². The van der Waals surface area contributed by atoms with Crippen molar-refractivity contribution in [2.24, 2.45) is 5.92 Å². The lowest BCUT2D eigenvalue weighted by Gasteiger charge is -2.27. The van der Waals surface area contributed by atoms with Gasteiger partial charge in [-0.05, 0) is 61.6 Å². The van der Waals surface area contributed by atoms with Crippen molar-refractivity contribution in [1.82, 2.24) is 0 Å². The molecule has 0 spiro atoms. The first-order chi connectivity index (χ1) is 9.20. The summed E-state index contributed by atoms with van der Waals surface area (Å²) in [6.07, 6.45) is 8.52. The summed E-state index contributed by atoms with van der Waals surface area (Å²) in [6.45, 7) is -0.305. The Kier molecular flexibility index (Phi) is 5.06. The van der Waals surface area contributed by atoms with Crippen molar-refractivity contribution < 1.29 is 13.2 Å². The second kappa shape index (κ2) is 6.78. The predicted octanol–water partition coefficient (Wildman–Crippen LogP) is 5.15. The van der Waals surface area contributed by atoms with Crippen molar-refractivity contribution in [3.05, 3.63) is 47.5 Å². The molecule has 2 rings (SSSR count). The molecule has 1 aliphatic carbocycles. The van der Waals surface area contributed by atoms with Gasteiger partial charge in [-0.2, -0.15) is 0 Å². The highest BCUT2D eigenvalue weighted by Gasteiger charge is 2.21. The molecule has 1 saturated carbocycles. The maximum Gasteiger partial charge on any atom is 0.159 e. The Balaban J connectivity index is 1.90. The van der Waals surface area contributed by atoms with Gasteiger partial charge in [-0.15, -0.1) is 0 Å². The number of halogens is 3. The highest BCUT2D eigenvalue weighted by Crippen LogP contribution is 2.36. The zero-order valence-corrected chi connectivity index (χ0v) is 10.9. The molecular weight excluding hydrogens is 249 g/mol. The number of benzene rings is 1. The van der Waals surface area contributed by atoms with Gasteiger partial charge in [-0.25, -0.2) is 8.78 Å². The van der Waals surface area contributed by atoms with E-state index in [1.54, 1.807) is 6.07 Å². The van der Waals surface area contributed by atoms with Gasteiger partial charge >= 0.3 is 0 Å². The minimum atomic E-state index is -0.786. The summed E-state index contributed by atoms with van der Waals surface area (Å²) in [5.41, 5.74) is 0.894. The van der Waals surface area contributed by atoms with Gasteiger partial charge in [0.25, 0.3) is 0 Å². The largest absolute Gasteiger partial charge is 0.251 e. The monoisotopic (exact) mass is 268 g/mol. The van der Waals surface area contributed by atoms with Crippen molar-refractivity contribution >= 4 is 0 Å². The summed E-state index contributed by atoms with van der Waals surface area (Å²) in [4.78, 5) is 0. The van der Waals surface area contributed by atoms with Gasteiger partial charge < -0.3 is 0 Å². The Morgan fingerprint density at radius 3 is 2.42 bits per heavy atom. The summed E-state index contributed by atoms with van der Waals surface area (Å²) in [6, 6.07) is 4.21. The molecule has 0 atom stereocenters. The fourth-order valence-electron chi connectivity index (χ4n) is 2.76. The molecule has 1 aromatic carbocycles. The molecular formula is C16H19F3. The van der Waals surface area contributed by atoms with Gasteiger partial charge in [0.05, 0.1) is 6.67 Å². The van der Waals surface area contributed by atoms with E-state index in [4.69, 9.17) is 0 Å². The van der Waals surface area contributed by atoms with Gasteiger partial charge in [0.2, 0.25) is 0 Å². The molecule has 0 nitrogen and oxygen atoms in total. The first kappa shape index (κ1) is 14.2. The normalized spacial score (nSPS) is 23.9. The Morgan fingerprint density at radius 2 is 1.79 bits per heavy atom. The van der Waals surface area contributed by atoms with E-state index in [-0.39, 0.29) is 6.67 Å². The second-order valence-corrected chi connectivity index (χ2v) is 5.19. The first-order valence-electron chi connectivity index (χ1n) is 6.88. The van der Waals surface area contributed by atoms with Crippen molar-refractivity contribution in [3.63, 3.8) is 0 Å². The third kappa shape index (κ3) is 3.85. The van der Waals surface area contributed by atoms with Crippen LogP contribution in [0.5, 0.6) is 0 Å². The van der Waals surface area contributed by atoms with E-state index in [9.17, 15) is 13.2 Å². The molecule has 0 radical (unpaired) electrons. The van der Waals surface area contributed by atoms with Gasteiger partial charge in [0.1, 0.15) is 0 Å². The lowest BCUT2D eigenvalue weighted by molar-refractivity contribution is 0.373. The molecule has 3 heteroatoms. The van der Waals surface area contributed by atoms with E-state index < -0.39 is 11.6 Å². The SMILES string of the molecule is FCCC=C[C@H]1CC[C@H](c2ccc(F)c(F)c2)CC1. The van der Waals surface area contributed by atoms with Crippen molar-refractivity contribution in [3.8, 4) is 0 Å². The molecule has 1 fully saturated rings. The van der Waals surface area contributed by atoms with Crippen LogP contribution >= 0.6 is 0 Å². The van der Waals surface area contributed by atoms with Crippen LogP contribution in [0.25, 0.3) is 0 Å². The number of hydrogen-bond donors (Lipinski definition) is 0. The molecule has 1 aliphatic rings. The fourth-order valence-corrected chi connectivity index (χ4v) is 2.76. The number of alkyl halides is 1. The molecule has 19 heavy (non-hydrogen) atoms. The van der Waals surface area contributed by atoms with E-state index in [0.29, 0.717) is 18.3 Å². The van der Waals surface area contributed by atoms with Crippen molar-refractivity contribution in [2.75, 3.05) is 6.67 Å². The minimum Gasteiger partial charge on any atom is -0.251 e. The molecule has 0 amide bonds. The van der Waals surface area contributed by atoms with Crippen LogP contribution in [0.15, 0.2) is 30.4 Å². The lowest BCUT2D eigenvalue weighted by atomic mass is 9.78. The van der Waals surface area contributed by atoms with Crippen LogP contribution in [0.4, 0.5) is 13.2 Å². The van der Waals surface area contributed by atoms with Gasteiger partial charge in [0, 0.05) is 0 Å². The van der Waals surface area contributed by atoms with E-state index in [0.717, 1.165) is 31.2 Å². The van der Waals surface area contributed by atoms with Crippen molar-refractivity contribution in [1.29, 1.82) is 0 Å². The number of rotatable bonds is 4. The molecule has 0 heterocycles. The highest BCUT2D eigenvalue weighted by molar-refractivity contribution is 5.22. The van der Waals surface area contributed by atoms with Crippen LogP contribution in [0.1, 0.15) is 43.6 Å². The Morgan fingerprint density at radius 1 is 1.05 bits per heavy atom. The average molecular weight is 268 g/mol. The topological polar surface area (TPSA) is 0 Å². The summed E-state index contributed by atoms with van der Waals surface area (Å²) < 4.78 is 38.1. The smallest absolute Gasteiger partial charge is 0.159 e. The Labute approximate surface area is 112 Å². The molecule has 0 N–H and O–H groups in total. The number of allylic oxidation sites excluding steroid dienone is 2. The van der Waals surface area contributed by atoms with E-state index in [1.807, 2.05) is 6.08 Å². The van der Waals surface area contributed by atoms with Crippen molar-refractivity contribution in [2.45, 2.75) is 38.0 Å². The van der Waals surface area contributed by atoms with Gasteiger partial charge in [0.15, 0.2) is 11.6 Å². The van der Waals surface area contributed by atoms with Crippen LogP contribution < -0.4 is 0 Å². The fraction of sp³-hybridized carbons (Fsp3) is 0.500. The third-order valence-electron chi connectivity index (χ3n) is 3.87. The standard InChI is InChI=1S/C16H19F3/c17-10-2-1-3-12-4-6-13(7-5-12)14-8-9-15(18)16(19)11-14/h1,3,8-9,11-13H,2,4-7,10H2/t12-,13-. The summed E-state index contributed by atoms with van der Waals surface area (Å²) in [5, 5.41) is 0. The van der Waals surface area contributed by atoms with Crippen LogP contribution in [0.2, 0.25) is 0 Å². The number of hydrogen-bond acceptors (Lipinski definition) is 0. The maximum atomic E-state index is 13.2. The lowest BCUT2D eigenvalue weighted by Crippen LogP contribution is -2.12. The Bertz CT molecular complexity index is 432. The predicted molar refractivity (Wildman–Crippen MR) is 70.8 cm³/mol. The quantitative estimate of drug-likeness (QED) is 0.662. The van der Waals surface area contributed by atoms with Crippen LogP contribution in [0.3, 0.4) is 0 Å². The molecule has 0 bridgehead atoms. The third-order valence-corrected chi connectivity index (χ3v) is 3.87. The molecule has 0 aliphatic heterocycles. The van der Waals surface area contributed by atoms with E-state index >= 15 is 0 Å². The molecule has 104 valence electrons. The van der Waals surface area contributed by atoms with Crippen LogP contribution in [-0.2, 0) is 0 Å². The highest BCUT2D eigenvalue weighted by atomic mass is 19.2. The summed E-state index contributed by atoms with van der Waals surface area (Å²) in [5.74, 6) is -0.719. The second-order valence-electron chi connectivity index (χ2n) is 5.19. The van der Waals surface area contributed by atoms with Crippen LogP contribution in [0, 0.1) is 17.6 Å². The average Bonchev–Trinajstić information content (AvgIpc) is 2.43. The molecule has 0 saturated heterocycles. The summed E-state index contributed by atoms with van der Waals surface area (Å²) in [7, 11) is 0. The molecule has 1 aromatic rings. The maximum absolute atomic E-state index is 13.2. The van der Waals surface area contributed by atoms with E-state index in [1.165, 1.54) is 12.1 Å².